The summed E-state index contributed by atoms with van der Waals surface area (Å²) in [4.78, 5) is 18.4. The van der Waals surface area contributed by atoms with E-state index >= 15 is 0 Å². The normalized spacial score (nSPS) is 15.4. The summed E-state index contributed by atoms with van der Waals surface area (Å²) in [7, 11) is 1.69. The van der Waals surface area contributed by atoms with Gasteiger partial charge < -0.3 is 18.8 Å². The van der Waals surface area contributed by atoms with Crippen molar-refractivity contribution in [1.29, 1.82) is 0 Å². The van der Waals surface area contributed by atoms with Crippen LogP contribution in [0.25, 0.3) is 0 Å². The standard InChI is InChI=1S/C18H21FN2O4/c1-23-10-13-6-8-21(9-7-13)18(22)15-11-25-17(20-15)12-24-16-5-3-2-4-14(16)19/h2-5,11,13H,6-10,12H2,1H3. The molecule has 1 fully saturated rings. The number of hydrogen-bond acceptors (Lipinski definition) is 5. The van der Waals surface area contributed by atoms with Gasteiger partial charge in [-0.2, -0.15) is 0 Å². The fourth-order valence-corrected chi connectivity index (χ4v) is 2.88. The second kappa shape index (κ2) is 8.11. The molecule has 3 rings (SSSR count). The molecule has 0 atom stereocenters. The summed E-state index contributed by atoms with van der Waals surface area (Å²) in [6, 6.07) is 6.09. The van der Waals surface area contributed by atoms with Gasteiger partial charge in [0.25, 0.3) is 5.91 Å². The van der Waals surface area contributed by atoms with Crippen molar-refractivity contribution in [2.45, 2.75) is 19.4 Å². The van der Waals surface area contributed by atoms with Gasteiger partial charge in [0.2, 0.25) is 5.89 Å². The molecule has 1 aromatic carbocycles. The van der Waals surface area contributed by atoms with Gasteiger partial charge in [-0.1, -0.05) is 12.1 Å². The summed E-state index contributed by atoms with van der Waals surface area (Å²) >= 11 is 0. The number of ether oxygens (including phenoxy) is 2. The van der Waals surface area contributed by atoms with Gasteiger partial charge in [0.05, 0.1) is 0 Å². The first kappa shape index (κ1) is 17.4. The van der Waals surface area contributed by atoms with Gasteiger partial charge in [0.1, 0.15) is 6.26 Å². The van der Waals surface area contributed by atoms with Crippen molar-refractivity contribution in [2.75, 3.05) is 26.8 Å². The van der Waals surface area contributed by atoms with Crippen LogP contribution in [0.15, 0.2) is 34.9 Å². The Morgan fingerprint density at radius 1 is 1.36 bits per heavy atom. The summed E-state index contributed by atoms with van der Waals surface area (Å²) in [6.07, 6.45) is 3.16. The number of para-hydroxylation sites is 1. The molecule has 0 spiro atoms. The fraction of sp³-hybridized carbons (Fsp3) is 0.444. The van der Waals surface area contributed by atoms with Gasteiger partial charge in [0.15, 0.2) is 23.9 Å². The molecule has 2 aromatic rings. The zero-order valence-corrected chi connectivity index (χ0v) is 14.1. The molecule has 6 nitrogen and oxygen atoms in total. The summed E-state index contributed by atoms with van der Waals surface area (Å²) in [5, 5.41) is 0. The number of nitrogens with zero attached hydrogens (tertiary/aromatic N) is 2. The lowest BCUT2D eigenvalue weighted by atomic mass is 9.98. The number of rotatable bonds is 6. The maximum atomic E-state index is 13.5. The molecule has 0 radical (unpaired) electrons. The topological polar surface area (TPSA) is 64.8 Å². The van der Waals surface area contributed by atoms with Crippen LogP contribution in [-0.4, -0.2) is 42.6 Å². The number of carbonyl (C=O) groups excluding carboxylic acids is 1. The van der Waals surface area contributed by atoms with Crippen LogP contribution in [0.5, 0.6) is 5.75 Å². The van der Waals surface area contributed by atoms with E-state index in [1.54, 1.807) is 24.1 Å². The molecular weight excluding hydrogens is 327 g/mol. The highest BCUT2D eigenvalue weighted by molar-refractivity contribution is 5.92. The molecule has 0 bridgehead atoms. The summed E-state index contributed by atoms with van der Waals surface area (Å²) in [6.45, 7) is 2.05. The number of likely N-dealkylation sites (tertiary alicyclic amines) is 1. The van der Waals surface area contributed by atoms with Crippen molar-refractivity contribution in [3.05, 3.63) is 47.9 Å². The quantitative estimate of drug-likeness (QED) is 0.803. The lowest BCUT2D eigenvalue weighted by Crippen LogP contribution is -2.39. The first-order valence-corrected chi connectivity index (χ1v) is 8.27. The summed E-state index contributed by atoms with van der Waals surface area (Å²) < 4.78 is 29.3. The average molecular weight is 348 g/mol. The third-order valence-electron chi connectivity index (χ3n) is 4.26. The van der Waals surface area contributed by atoms with Crippen LogP contribution in [0.3, 0.4) is 0 Å². The number of piperidine rings is 1. The number of benzene rings is 1. The monoisotopic (exact) mass is 348 g/mol. The molecule has 0 aliphatic carbocycles. The minimum atomic E-state index is -0.454. The van der Waals surface area contributed by atoms with Crippen molar-refractivity contribution >= 4 is 5.91 Å². The number of methoxy groups -OCH3 is 1. The van der Waals surface area contributed by atoms with Crippen molar-refractivity contribution in [2.24, 2.45) is 5.92 Å². The molecular formula is C18H21FN2O4. The highest BCUT2D eigenvalue weighted by Gasteiger charge is 2.25. The zero-order valence-electron chi connectivity index (χ0n) is 14.1. The van der Waals surface area contributed by atoms with Crippen molar-refractivity contribution in [3.8, 4) is 5.75 Å². The minimum absolute atomic E-state index is 0.0376. The van der Waals surface area contributed by atoms with E-state index in [4.69, 9.17) is 13.9 Å². The largest absolute Gasteiger partial charge is 0.481 e. The van der Waals surface area contributed by atoms with E-state index in [1.165, 1.54) is 18.4 Å². The Morgan fingerprint density at radius 3 is 2.84 bits per heavy atom. The Morgan fingerprint density at radius 2 is 2.12 bits per heavy atom. The first-order valence-electron chi connectivity index (χ1n) is 8.27. The number of halogens is 1. The van der Waals surface area contributed by atoms with E-state index in [0.717, 1.165) is 19.4 Å². The molecule has 0 unspecified atom stereocenters. The molecule has 0 saturated carbocycles. The van der Waals surface area contributed by atoms with Gasteiger partial charge in [-0.25, -0.2) is 9.37 Å². The highest BCUT2D eigenvalue weighted by Crippen LogP contribution is 2.20. The molecule has 2 heterocycles. The average Bonchev–Trinajstić information content (AvgIpc) is 3.10. The van der Waals surface area contributed by atoms with Crippen LogP contribution < -0.4 is 4.74 Å². The van der Waals surface area contributed by atoms with Crippen LogP contribution in [0.4, 0.5) is 4.39 Å². The van der Waals surface area contributed by atoms with Crippen molar-refractivity contribution in [3.63, 3.8) is 0 Å². The van der Waals surface area contributed by atoms with E-state index in [1.807, 2.05) is 0 Å². The molecule has 1 amide bonds. The molecule has 0 N–H and O–H groups in total. The van der Waals surface area contributed by atoms with Crippen LogP contribution in [0.2, 0.25) is 0 Å². The van der Waals surface area contributed by atoms with Crippen molar-refractivity contribution in [1.82, 2.24) is 9.88 Å². The molecule has 134 valence electrons. The van der Waals surface area contributed by atoms with Crippen molar-refractivity contribution < 1.29 is 23.1 Å². The second-order valence-electron chi connectivity index (χ2n) is 6.04. The summed E-state index contributed by atoms with van der Waals surface area (Å²) in [5.41, 5.74) is 0.248. The third kappa shape index (κ3) is 4.36. The lowest BCUT2D eigenvalue weighted by Gasteiger charge is -2.31. The van der Waals surface area contributed by atoms with Gasteiger partial charge in [0, 0.05) is 26.8 Å². The molecule has 1 saturated heterocycles. The van der Waals surface area contributed by atoms with Gasteiger partial charge in [-0.3, -0.25) is 4.79 Å². The molecule has 25 heavy (non-hydrogen) atoms. The van der Waals surface area contributed by atoms with Crippen LogP contribution in [0, 0.1) is 11.7 Å². The van der Waals surface area contributed by atoms with Crippen LogP contribution >= 0.6 is 0 Å². The number of hydrogen-bond donors (Lipinski definition) is 0. The lowest BCUT2D eigenvalue weighted by molar-refractivity contribution is 0.0608. The fourth-order valence-electron chi connectivity index (χ4n) is 2.88. The van der Waals surface area contributed by atoms with Crippen LogP contribution in [-0.2, 0) is 11.3 Å². The Hall–Kier alpha value is -2.41. The number of oxazole rings is 1. The molecule has 1 aliphatic rings. The Kier molecular flexibility index (Phi) is 5.65. The Labute approximate surface area is 145 Å². The maximum absolute atomic E-state index is 13.5. The number of amides is 1. The third-order valence-corrected chi connectivity index (χ3v) is 4.26. The van der Waals surface area contributed by atoms with E-state index in [-0.39, 0.29) is 29.8 Å². The minimum Gasteiger partial charge on any atom is -0.481 e. The molecule has 1 aliphatic heterocycles. The van der Waals surface area contributed by atoms with E-state index in [9.17, 15) is 9.18 Å². The Bertz CT molecular complexity index is 711. The smallest absolute Gasteiger partial charge is 0.275 e. The molecule has 1 aromatic heterocycles. The van der Waals surface area contributed by atoms with E-state index in [2.05, 4.69) is 4.98 Å². The highest BCUT2D eigenvalue weighted by atomic mass is 19.1. The predicted molar refractivity (Wildman–Crippen MR) is 87.7 cm³/mol. The predicted octanol–water partition coefficient (Wildman–Crippen LogP) is 2.89. The first-order chi connectivity index (χ1) is 12.2. The van der Waals surface area contributed by atoms with Crippen LogP contribution in [0.1, 0.15) is 29.2 Å². The SMILES string of the molecule is COCC1CCN(C(=O)c2coc(COc3ccccc3F)n2)CC1. The van der Waals surface area contributed by atoms with Gasteiger partial charge >= 0.3 is 0 Å². The number of aromatic nitrogens is 1. The van der Waals surface area contributed by atoms with E-state index in [0.29, 0.717) is 19.0 Å². The second-order valence-corrected chi connectivity index (χ2v) is 6.04. The maximum Gasteiger partial charge on any atom is 0.275 e. The zero-order chi connectivity index (χ0) is 17.6. The van der Waals surface area contributed by atoms with Gasteiger partial charge in [-0.15, -0.1) is 0 Å². The van der Waals surface area contributed by atoms with E-state index < -0.39 is 5.82 Å². The van der Waals surface area contributed by atoms with Gasteiger partial charge in [-0.05, 0) is 30.9 Å². The summed E-state index contributed by atoms with van der Waals surface area (Å²) in [5.74, 6) is 0.242. The number of carbonyl (C=O) groups is 1. The molecule has 7 heteroatoms. The Balaban J connectivity index is 1.54.